The maximum Gasteiger partial charge on any atom is 0.270 e. The lowest BCUT2D eigenvalue weighted by molar-refractivity contribution is -0.113. The lowest BCUT2D eigenvalue weighted by atomic mass is 10.1. The summed E-state index contributed by atoms with van der Waals surface area (Å²) in [5, 5.41) is 0. The van der Waals surface area contributed by atoms with Crippen molar-refractivity contribution < 1.29 is 18.7 Å². The first-order valence-corrected chi connectivity index (χ1v) is 10.0. The minimum atomic E-state index is -0.499. The SMILES string of the molecule is CCOc1cc(/C=C2\SC(=S)N(c3ccccc3F)C2=O)cc(Br)c1OC. The molecule has 2 aromatic rings. The normalized spacial score (nSPS) is 15.6. The van der Waals surface area contributed by atoms with E-state index in [0.717, 1.165) is 17.3 Å². The number of anilines is 1. The number of rotatable bonds is 5. The quantitative estimate of drug-likeness (QED) is 0.434. The topological polar surface area (TPSA) is 38.8 Å². The zero-order valence-electron chi connectivity index (χ0n) is 14.5. The Kier molecular flexibility index (Phi) is 6.18. The van der Waals surface area contributed by atoms with Gasteiger partial charge in [-0.15, -0.1) is 0 Å². The molecule has 4 nitrogen and oxygen atoms in total. The Labute approximate surface area is 174 Å². The molecule has 1 aliphatic rings. The Hall–Kier alpha value is -1.90. The summed E-state index contributed by atoms with van der Waals surface area (Å²) in [5.41, 5.74) is 0.884. The van der Waals surface area contributed by atoms with E-state index in [0.29, 0.717) is 27.5 Å². The van der Waals surface area contributed by atoms with Crippen LogP contribution in [0.5, 0.6) is 11.5 Å². The summed E-state index contributed by atoms with van der Waals surface area (Å²) in [7, 11) is 1.56. The van der Waals surface area contributed by atoms with E-state index >= 15 is 0 Å². The number of methoxy groups -OCH3 is 1. The molecule has 2 aromatic carbocycles. The number of hydrogen-bond acceptors (Lipinski definition) is 5. The van der Waals surface area contributed by atoms with E-state index in [1.54, 1.807) is 31.4 Å². The molecule has 1 aliphatic heterocycles. The lowest BCUT2D eigenvalue weighted by Crippen LogP contribution is -2.28. The fourth-order valence-electron chi connectivity index (χ4n) is 2.59. The average Bonchev–Trinajstić information content (AvgIpc) is 2.89. The molecule has 0 saturated carbocycles. The number of benzene rings is 2. The number of ether oxygens (including phenoxy) is 2. The smallest absolute Gasteiger partial charge is 0.270 e. The van der Waals surface area contributed by atoms with E-state index in [-0.39, 0.29) is 15.9 Å². The Morgan fingerprint density at radius 3 is 2.74 bits per heavy atom. The van der Waals surface area contributed by atoms with Crippen molar-refractivity contribution in [3.63, 3.8) is 0 Å². The van der Waals surface area contributed by atoms with Gasteiger partial charge in [-0.05, 0) is 58.8 Å². The van der Waals surface area contributed by atoms with Crippen LogP contribution in [0.15, 0.2) is 45.8 Å². The van der Waals surface area contributed by atoms with Crippen LogP contribution < -0.4 is 14.4 Å². The van der Waals surface area contributed by atoms with Crippen LogP contribution in [-0.4, -0.2) is 23.9 Å². The van der Waals surface area contributed by atoms with Crippen molar-refractivity contribution in [2.24, 2.45) is 0 Å². The molecule has 0 atom stereocenters. The lowest BCUT2D eigenvalue weighted by Gasteiger charge is -2.15. The van der Waals surface area contributed by atoms with Gasteiger partial charge in [0.2, 0.25) is 0 Å². The van der Waals surface area contributed by atoms with E-state index < -0.39 is 5.82 Å². The zero-order chi connectivity index (χ0) is 19.6. The Bertz CT molecular complexity index is 949. The van der Waals surface area contributed by atoms with E-state index in [4.69, 9.17) is 21.7 Å². The Morgan fingerprint density at radius 2 is 2.07 bits per heavy atom. The highest BCUT2D eigenvalue weighted by atomic mass is 79.9. The summed E-state index contributed by atoms with van der Waals surface area (Å²) in [6, 6.07) is 9.65. The van der Waals surface area contributed by atoms with Gasteiger partial charge in [0.15, 0.2) is 15.8 Å². The molecule has 1 saturated heterocycles. The first-order chi connectivity index (χ1) is 13.0. The third-order valence-corrected chi connectivity index (χ3v) is 5.61. The van der Waals surface area contributed by atoms with E-state index in [9.17, 15) is 9.18 Å². The fourth-order valence-corrected chi connectivity index (χ4v) is 4.50. The van der Waals surface area contributed by atoms with Gasteiger partial charge in [0.05, 0.1) is 28.8 Å². The van der Waals surface area contributed by atoms with Crippen molar-refractivity contribution in [2.45, 2.75) is 6.92 Å². The fraction of sp³-hybridized carbons (Fsp3) is 0.158. The van der Waals surface area contributed by atoms with Crippen LogP contribution in [0.3, 0.4) is 0 Å². The van der Waals surface area contributed by atoms with Crippen molar-refractivity contribution in [3.05, 3.63) is 57.2 Å². The van der Waals surface area contributed by atoms with Gasteiger partial charge in [-0.25, -0.2) is 4.39 Å². The zero-order valence-corrected chi connectivity index (χ0v) is 17.7. The summed E-state index contributed by atoms with van der Waals surface area (Å²) in [6.07, 6.45) is 1.70. The van der Waals surface area contributed by atoms with Crippen LogP contribution in [0.2, 0.25) is 0 Å². The molecule has 0 aromatic heterocycles. The van der Waals surface area contributed by atoms with Crippen molar-refractivity contribution in [2.75, 3.05) is 18.6 Å². The van der Waals surface area contributed by atoms with E-state index in [2.05, 4.69) is 15.9 Å². The molecule has 1 heterocycles. The summed E-state index contributed by atoms with van der Waals surface area (Å²) in [4.78, 5) is 14.4. The maximum atomic E-state index is 14.1. The number of nitrogens with zero attached hydrogens (tertiary/aromatic N) is 1. The molecule has 0 N–H and O–H groups in total. The van der Waals surface area contributed by atoms with Gasteiger partial charge >= 0.3 is 0 Å². The molecule has 0 unspecified atom stereocenters. The third-order valence-electron chi connectivity index (χ3n) is 3.72. The number of para-hydroxylation sites is 1. The summed E-state index contributed by atoms with van der Waals surface area (Å²) >= 11 is 9.87. The van der Waals surface area contributed by atoms with Gasteiger partial charge < -0.3 is 9.47 Å². The largest absolute Gasteiger partial charge is 0.492 e. The molecule has 1 fully saturated rings. The average molecular weight is 468 g/mol. The highest BCUT2D eigenvalue weighted by Crippen LogP contribution is 2.40. The molecule has 0 bridgehead atoms. The number of halogens is 2. The van der Waals surface area contributed by atoms with E-state index in [1.807, 2.05) is 13.0 Å². The molecule has 27 heavy (non-hydrogen) atoms. The molecule has 0 spiro atoms. The molecule has 0 aliphatic carbocycles. The van der Waals surface area contributed by atoms with Crippen LogP contribution in [0.4, 0.5) is 10.1 Å². The predicted octanol–water partition coefficient (Wildman–Crippen LogP) is 5.40. The number of hydrogen-bond donors (Lipinski definition) is 0. The van der Waals surface area contributed by atoms with Crippen LogP contribution in [0.1, 0.15) is 12.5 Å². The summed E-state index contributed by atoms with van der Waals surface area (Å²) < 4.78 is 26.0. The van der Waals surface area contributed by atoms with Crippen molar-refractivity contribution in [1.29, 1.82) is 0 Å². The Balaban J connectivity index is 1.98. The van der Waals surface area contributed by atoms with Crippen LogP contribution in [0.25, 0.3) is 6.08 Å². The first-order valence-electron chi connectivity index (χ1n) is 7.99. The van der Waals surface area contributed by atoms with Crippen molar-refractivity contribution in [1.82, 2.24) is 0 Å². The van der Waals surface area contributed by atoms with Gasteiger partial charge in [0, 0.05) is 0 Å². The van der Waals surface area contributed by atoms with Gasteiger partial charge in [0.1, 0.15) is 5.82 Å². The van der Waals surface area contributed by atoms with Gasteiger partial charge in [-0.3, -0.25) is 9.69 Å². The highest BCUT2D eigenvalue weighted by molar-refractivity contribution is 9.10. The number of thioether (sulfide) groups is 1. The predicted molar refractivity (Wildman–Crippen MR) is 114 cm³/mol. The highest BCUT2D eigenvalue weighted by Gasteiger charge is 2.34. The standard InChI is InChI=1S/C19H15BrFNO3S2/c1-3-25-15-9-11(8-12(20)17(15)24-2)10-16-18(23)22(19(26)27-16)14-7-5-4-6-13(14)21/h4-10H,3H2,1-2H3/b16-10-. The maximum absolute atomic E-state index is 14.1. The van der Waals surface area contributed by atoms with Crippen molar-refractivity contribution in [3.8, 4) is 11.5 Å². The number of thiocarbonyl (C=S) groups is 1. The monoisotopic (exact) mass is 467 g/mol. The Morgan fingerprint density at radius 1 is 1.33 bits per heavy atom. The molecule has 140 valence electrons. The first kappa shape index (κ1) is 19.9. The second-order valence-electron chi connectivity index (χ2n) is 5.44. The molecular formula is C19H15BrFNO3S2. The molecule has 1 amide bonds. The number of carbonyl (C=O) groups is 1. The second kappa shape index (κ2) is 8.41. The van der Waals surface area contributed by atoms with Crippen LogP contribution >= 0.6 is 39.9 Å². The molecule has 3 rings (SSSR count). The second-order valence-corrected chi connectivity index (χ2v) is 7.97. The van der Waals surface area contributed by atoms with Crippen molar-refractivity contribution >= 4 is 61.9 Å². The van der Waals surface area contributed by atoms with Gasteiger partial charge in [0.25, 0.3) is 5.91 Å². The number of amides is 1. The van der Waals surface area contributed by atoms with Crippen LogP contribution in [-0.2, 0) is 4.79 Å². The minimum Gasteiger partial charge on any atom is -0.492 e. The molecular weight excluding hydrogens is 453 g/mol. The van der Waals surface area contributed by atoms with Gasteiger partial charge in [-0.1, -0.05) is 36.1 Å². The number of carbonyl (C=O) groups excluding carboxylic acids is 1. The minimum absolute atomic E-state index is 0.148. The summed E-state index contributed by atoms with van der Waals surface area (Å²) in [6.45, 7) is 2.35. The molecule has 8 heteroatoms. The van der Waals surface area contributed by atoms with Gasteiger partial charge in [-0.2, -0.15) is 0 Å². The summed E-state index contributed by atoms with van der Waals surface area (Å²) in [5.74, 6) is 0.277. The van der Waals surface area contributed by atoms with Crippen LogP contribution in [0, 0.1) is 5.82 Å². The third kappa shape index (κ3) is 4.02. The molecule has 0 radical (unpaired) electrons. The van der Waals surface area contributed by atoms with E-state index in [1.165, 1.54) is 17.0 Å².